The number of carbonyl (C=O) groups is 3. The molecule has 0 spiro atoms. The minimum absolute atomic E-state index is 0.205. The van der Waals surface area contributed by atoms with Gasteiger partial charge in [-0.3, -0.25) is 14.6 Å². The monoisotopic (exact) mass is 417 g/mol. The summed E-state index contributed by atoms with van der Waals surface area (Å²) in [7, 11) is 0. The van der Waals surface area contributed by atoms with Crippen LogP contribution in [0.4, 0.5) is 10.5 Å². The molecule has 10 heteroatoms. The number of anilines is 1. The predicted octanol–water partition coefficient (Wildman–Crippen LogP) is 2.47. The number of hydrogen-bond acceptors (Lipinski definition) is 7. The molecule has 3 amide bonds. The summed E-state index contributed by atoms with van der Waals surface area (Å²) < 4.78 is 9.40. The van der Waals surface area contributed by atoms with Crippen molar-refractivity contribution in [3.05, 3.63) is 29.3 Å². The van der Waals surface area contributed by atoms with Gasteiger partial charge in [0, 0.05) is 38.8 Å². The van der Waals surface area contributed by atoms with Crippen molar-refractivity contribution in [3.63, 3.8) is 0 Å². The van der Waals surface area contributed by atoms with Crippen LogP contribution < -0.4 is 5.32 Å². The predicted molar refractivity (Wildman–Crippen MR) is 109 cm³/mol. The van der Waals surface area contributed by atoms with E-state index in [1.54, 1.807) is 42.0 Å². The molecule has 29 heavy (non-hydrogen) atoms. The van der Waals surface area contributed by atoms with Crippen LogP contribution in [0.25, 0.3) is 11.4 Å². The van der Waals surface area contributed by atoms with Gasteiger partial charge in [-0.2, -0.15) is 4.37 Å². The van der Waals surface area contributed by atoms with Crippen molar-refractivity contribution < 1.29 is 19.1 Å². The molecule has 0 aliphatic carbocycles. The summed E-state index contributed by atoms with van der Waals surface area (Å²) in [6, 6.07) is 5.39. The largest absolute Gasteiger partial charge is 0.450 e. The van der Waals surface area contributed by atoms with Crippen molar-refractivity contribution in [2.45, 2.75) is 20.3 Å². The van der Waals surface area contributed by atoms with Gasteiger partial charge < -0.3 is 19.9 Å². The van der Waals surface area contributed by atoms with Crippen LogP contribution >= 0.6 is 11.5 Å². The van der Waals surface area contributed by atoms with E-state index in [0.717, 1.165) is 11.5 Å². The molecule has 0 aromatic carbocycles. The standard InChI is InChI=1S/C19H23N5O4S/c1-3-14(25)21-16-15(13-7-5-6-8-20-13)22-29-17(16)18(26)23-9-11-24(12-10-23)19(27)28-4-2/h5-8H,3-4,9-12H2,1-2H3,(H,21,25). The first kappa shape index (κ1) is 20.7. The topological polar surface area (TPSA) is 105 Å². The van der Waals surface area contributed by atoms with Crippen LogP contribution in [-0.2, 0) is 9.53 Å². The number of amides is 3. The number of nitrogens with one attached hydrogen (secondary N) is 1. The summed E-state index contributed by atoms with van der Waals surface area (Å²) in [6.45, 7) is 5.37. The van der Waals surface area contributed by atoms with Gasteiger partial charge in [0.2, 0.25) is 5.91 Å². The van der Waals surface area contributed by atoms with Gasteiger partial charge in [-0.15, -0.1) is 0 Å². The van der Waals surface area contributed by atoms with E-state index >= 15 is 0 Å². The van der Waals surface area contributed by atoms with E-state index in [9.17, 15) is 14.4 Å². The molecular weight excluding hydrogens is 394 g/mol. The van der Waals surface area contributed by atoms with Gasteiger partial charge in [-0.25, -0.2) is 4.79 Å². The summed E-state index contributed by atoms with van der Waals surface area (Å²) in [4.78, 5) is 44.9. The lowest BCUT2D eigenvalue weighted by atomic mass is 10.2. The zero-order valence-electron chi connectivity index (χ0n) is 16.4. The summed E-state index contributed by atoms with van der Waals surface area (Å²) in [5, 5.41) is 2.81. The lowest BCUT2D eigenvalue weighted by Gasteiger charge is -2.33. The molecule has 0 bridgehead atoms. The Balaban J connectivity index is 1.81. The highest BCUT2D eigenvalue weighted by Gasteiger charge is 2.30. The highest BCUT2D eigenvalue weighted by atomic mass is 32.1. The number of rotatable bonds is 5. The fourth-order valence-electron chi connectivity index (χ4n) is 2.91. The highest BCUT2D eigenvalue weighted by molar-refractivity contribution is 7.09. The Morgan fingerprint density at radius 3 is 2.48 bits per heavy atom. The third kappa shape index (κ3) is 4.70. The molecule has 2 aromatic rings. The van der Waals surface area contributed by atoms with Gasteiger partial charge in [-0.1, -0.05) is 13.0 Å². The molecule has 1 aliphatic heterocycles. The SMILES string of the molecule is CCOC(=O)N1CCN(C(=O)c2snc(-c3ccccn3)c2NC(=O)CC)CC1. The second-order valence-electron chi connectivity index (χ2n) is 6.33. The van der Waals surface area contributed by atoms with E-state index in [4.69, 9.17) is 4.74 Å². The normalized spacial score (nSPS) is 13.9. The van der Waals surface area contributed by atoms with Gasteiger partial charge in [0.1, 0.15) is 10.6 Å². The minimum atomic E-state index is -0.370. The first-order chi connectivity index (χ1) is 14.0. The zero-order chi connectivity index (χ0) is 20.8. The van der Waals surface area contributed by atoms with Crippen molar-refractivity contribution >= 4 is 35.1 Å². The van der Waals surface area contributed by atoms with Crippen molar-refractivity contribution in [2.75, 3.05) is 38.1 Å². The van der Waals surface area contributed by atoms with Gasteiger partial charge in [0.25, 0.3) is 5.91 Å². The maximum atomic E-state index is 13.1. The molecule has 1 fully saturated rings. The number of ether oxygens (including phenoxy) is 1. The number of hydrogen-bond donors (Lipinski definition) is 1. The maximum absolute atomic E-state index is 13.1. The molecule has 2 aromatic heterocycles. The highest BCUT2D eigenvalue weighted by Crippen LogP contribution is 2.33. The molecule has 3 heterocycles. The van der Waals surface area contributed by atoms with E-state index < -0.39 is 0 Å². The smallest absolute Gasteiger partial charge is 0.409 e. The Kier molecular flexibility index (Phi) is 6.76. The number of pyridine rings is 1. The fraction of sp³-hybridized carbons (Fsp3) is 0.421. The lowest BCUT2D eigenvalue weighted by molar-refractivity contribution is -0.115. The molecular formula is C19H23N5O4S. The molecule has 0 saturated carbocycles. The average molecular weight is 417 g/mol. The molecule has 0 radical (unpaired) electrons. The maximum Gasteiger partial charge on any atom is 0.409 e. The average Bonchev–Trinajstić information content (AvgIpc) is 3.17. The van der Waals surface area contributed by atoms with Crippen LogP contribution in [0.15, 0.2) is 24.4 Å². The van der Waals surface area contributed by atoms with Crippen LogP contribution in [0.1, 0.15) is 29.9 Å². The molecule has 1 saturated heterocycles. The summed E-state index contributed by atoms with van der Waals surface area (Å²) >= 11 is 1.04. The molecule has 1 aliphatic rings. The van der Waals surface area contributed by atoms with Crippen LogP contribution in [-0.4, -0.2) is 69.9 Å². The Morgan fingerprint density at radius 1 is 1.14 bits per heavy atom. The van der Waals surface area contributed by atoms with Crippen molar-refractivity contribution in [2.24, 2.45) is 0 Å². The summed E-state index contributed by atoms with van der Waals surface area (Å²) in [6.07, 6.45) is 1.55. The van der Waals surface area contributed by atoms with Gasteiger partial charge in [0.15, 0.2) is 0 Å². The minimum Gasteiger partial charge on any atom is -0.450 e. The van der Waals surface area contributed by atoms with Gasteiger partial charge >= 0.3 is 6.09 Å². The third-order valence-corrected chi connectivity index (χ3v) is 5.31. The zero-order valence-corrected chi connectivity index (χ0v) is 17.2. The van der Waals surface area contributed by atoms with Crippen LogP contribution in [0.5, 0.6) is 0 Å². The molecule has 154 valence electrons. The summed E-state index contributed by atoms with van der Waals surface area (Å²) in [5.41, 5.74) is 1.45. The second kappa shape index (κ2) is 9.46. The number of piperazine rings is 1. The van der Waals surface area contributed by atoms with E-state index in [1.807, 2.05) is 6.07 Å². The third-order valence-electron chi connectivity index (χ3n) is 4.47. The quantitative estimate of drug-likeness (QED) is 0.801. The van der Waals surface area contributed by atoms with Gasteiger partial charge in [-0.05, 0) is 30.6 Å². The van der Waals surface area contributed by atoms with Crippen molar-refractivity contribution in [1.82, 2.24) is 19.2 Å². The second-order valence-corrected chi connectivity index (χ2v) is 7.10. The number of aromatic nitrogens is 2. The Hall–Kier alpha value is -3.01. The van der Waals surface area contributed by atoms with E-state index in [0.29, 0.717) is 54.7 Å². The first-order valence-corrected chi connectivity index (χ1v) is 10.2. The van der Waals surface area contributed by atoms with Crippen LogP contribution in [0.3, 0.4) is 0 Å². The van der Waals surface area contributed by atoms with Crippen LogP contribution in [0, 0.1) is 0 Å². The number of nitrogens with zero attached hydrogens (tertiary/aromatic N) is 4. The van der Waals surface area contributed by atoms with E-state index in [-0.39, 0.29) is 24.3 Å². The number of carbonyl (C=O) groups excluding carboxylic acids is 3. The van der Waals surface area contributed by atoms with E-state index in [2.05, 4.69) is 14.7 Å². The van der Waals surface area contributed by atoms with E-state index in [1.165, 1.54) is 0 Å². The van der Waals surface area contributed by atoms with Crippen molar-refractivity contribution in [3.8, 4) is 11.4 Å². The van der Waals surface area contributed by atoms with Gasteiger partial charge in [0.05, 0.1) is 18.0 Å². The molecule has 0 unspecified atom stereocenters. The van der Waals surface area contributed by atoms with Crippen molar-refractivity contribution in [1.29, 1.82) is 0 Å². The Bertz CT molecular complexity index is 878. The van der Waals surface area contributed by atoms with Crippen LogP contribution in [0.2, 0.25) is 0 Å². The molecule has 3 rings (SSSR count). The lowest BCUT2D eigenvalue weighted by Crippen LogP contribution is -2.50. The fourth-order valence-corrected chi connectivity index (χ4v) is 3.72. The Morgan fingerprint density at radius 2 is 1.86 bits per heavy atom. The first-order valence-electron chi connectivity index (χ1n) is 9.47. The Labute approximate surface area is 172 Å². The molecule has 9 nitrogen and oxygen atoms in total. The summed E-state index contributed by atoms with van der Waals surface area (Å²) in [5.74, 6) is -0.428. The molecule has 0 atom stereocenters. The molecule has 1 N–H and O–H groups in total.